The highest BCUT2D eigenvalue weighted by Crippen LogP contribution is 2.37. The summed E-state index contributed by atoms with van der Waals surface area (Å²) in [6, 6.07) is 10.1. The minimum Gasteiger partial charge on any atom is -0.334 e. The van der Waals surface area contributed by atoms with Gasteiger partial charge in [-0.3, -0.25) is 9.59 Å². The molecule has 2 aliphatic heterocycles. The lowest BCUT2D eigenvalue weighted by molar-refractivity contribution is -0.136. The first-order valence-corrected chi connectivity index (χ1v) is 13.8. The van der Waals surface area contributed by atoms with Crippen molar-refractivity contribution in [3.05, 3.63) is 77.4 Å². The number of halogens is 1. The lowest BCUT2D eigenvalue weighted by atomic mass is 10.0. The molecule has 0 aliphatic carbocycles. The first kappa shape index (κ1) is 24.8. The number of sulfone groups is 1. The summed E-state index contributed by atoms with van der Waals surface area (Å²) in [6.45, 7) is 2.24. The van der Waals surface area contributed by atoms with Gasteiger partial charge in [-0.15, -0.1) is 0 Å². The number of carbonyl (C=O) groups excluding carboxylic acids is 2. The summed E-state index contributed by atoms with van der Waals surface area (Å²) in [5.74, 6) is -0.559. The largest absolute Gasteiger partial charge is 0.334 e. The number of carbonyl (C=O) groups is 2. The molecular formula is C26H26FN5O4S. The number of rotatable bonds is 5. The van der Waals surface area contributed by atoms with E-state index >= 15 is 0 Å². The van der Waals surface area contributed by atoms with E-state index < -0.39 is 21.8 Å². The van der Waals surface area contributed by atoms with Crippen molar-refractivity contribution in [3.8, 4) is 0 Å². The van der Waals surface area contributed by atoms with Crippen LogP contribution in [-0.4, -0.2) is 47.9 Å². The Balaban J connectivity index is 1.35. The van der Waals surface area contributed by atoms with Crippen LogP contribution >= 0.6 is 0 Å². The van der Waals surface area contributed by atoms with Crippen molar-refractivity contribution in [2.45, 2.75) is 43.3 Å². The molecule has 0 saturated carbocycles. The fraction of sp³-hybridized carbons (Fsp3) is 0.308. The van der Waals surface area contributed by atoms with Crippen molar-refractivity contribution < 1.29 is 22.4 Å². The zero-order valence-electron chi connectivity index (χ0n) is 20.4. The molecule has 192 valence electrons. The number of anilines is 2. The summed E-state index contributed by atoms with van der Waals surface area (Å²) in [5, 5.41) is 2.78. The smallest absolute Gasteiger partial charge is 0.251 e. The van der Waals surface area contributed by atoms with Gasteiger partial charge in [0.15, 0.2) is 9.84 Å². The van der Waals surface area contributed by atoms with E-state index in [9.17, 15) is 22.4 Å². The molecule has 2 amide bonds. The predicted molar refractivity (Wildman–Crippen MR) is 135 cm³/mol. The summed E-state index contributed by atoms with van der Waals surface area (Å²) in [7, 11) is -3.43. The van der Waals surface area contributed by atoms with Crippen molar-refractivity contribution in [3.63, 3.8) is 0 Å². The second kappa shape index (κ2) is 9.55. The SMILES string of the molecule is CC(=O)N1Cc2cc(S(C)(=O)=O)ccc2[C@@H]1C(=O)Nc1cnc(N2CCC[C@H]2c2cccc(F)c2)nc1. The topological polar surface area (TPSA) is 113 Å². The number of aromatic nitrogens is 2. The van der Waals surface area contributed by atoms with E-state index in [0.29, 0.717) is 22.8 Å². The van der Waals surface area contributed by atoms with Crippen LogP contribution in [-0.2, 0) is 26.0 Å². The maximum atomic E-state index is 13.8. The Labute approximate surface area is 214 Å². The molecule has 3 aromatic rings. The van der Waals surface area contributed by atoms with E-state index in [0.717, 1.165) is 31.2 Å². The van der Waals surface area contributed by atoms with E-state index in [1.807, 2.05) is 11.0 Å². The fourth-order valence-electron chi connectivity index (χ4n) is 5.05. The number of hydrogen-bond donors (Lipinski definition) is 1. The molecule has 5 rings (SSSR count). The zero-order chi connectivity index (χ0) is 26.3. The van der Waals surface area contributed by atoms with Crippen molar-refractivity contribution in [2.24, 2.45) is 0 Å². The summed E-state index contributed by atoms with van der Waals surface area (Å²) in [5.41, 5.74) is 2.41. The van der Waals surface area contributed by atoms with Crippen molar-refractivity contribution >= 4 is 33.3 Å². The van der Waals surface area contributed by atoms with E-state index in [1.54, 1.807) is 12.1 Å². The van der Waals surface area contributed by atoms with E-state index in [2.05, 4.69) is 15.3 Å². The van der Waals surface area contributed by atoms with Gasteiger partial charge in [0.2, 0.25) is 11.9 Å². The summed E-state index contributed by atoms with van der Waals surface area (Å²) in [4.78, 5) is 38.0. The van der Waals surface area contributed by atoms with Gasteiger partial charge in [0.05, 0.1) is 29.0 Å². The molecule has 0 radical (unpaired) electrons. The van der Waals surface area contributed by atoms with Gasteiger partial charge in [-0.05, 0) is 53.8 Å². The van der Waals surface area contributed by atoms with Crippen LogP contribution in [0.3, 0.4) is 0 Å². The summed E-state index contributed by atoms with van der Waals surface area (Å²) >= 11 is 0. The van der Waals surface area contributed by atoms with Gasteiger partial charge in [0.25, 0.3) is 5.91 Å². The first-order chi connectivity index (χ1) is 17.6. The molecule has 37 heavy (non-hydrogen) atoms. The zero-order valence-corrected chi connectivity index (χ0v) is 21.2. The molecular weight excluding hydrogens is 497 g/mol. The van der Waals surface area contributed by atoms with Gasteiger partial charge in [-0.2, -0.15) is 0 Å². The van der Waals surface area contributed by atoms with Crippen LogP contribution in [0.15, 0.2) is 59.8 Å². The minimum absolute atomic E-state index is 0.0351. The Hall–Kier alpha value is -3.86. The third-order valence-corrected chi connectivity index (χ3v) is 7.90. The van der Waals surface area contributed by atoms with E-state index in [4.69, 9.17) is 0 Å². The molecule has 1 aromatic heterocycles. The normalized spacial score (nSPS) is 19.1. The van der Waals surface area contributed by atoms with E-state index in [1.165, 1.54) is 48.5 Å². The Morgan fingerprint density at radius 3 is 2.54 bits per heavy atom. The molecule has 3 heterocycles. The second-order valence-corrected chi connectivity index (χ2v) is 11.4. The quantitative estimate of drug-likeness (QED) is 0.545. The molecule has 0 spiro atoms. The van der Waals surface area contributed by atoms with Gasteiger partial charge in [-0.1, -0.05) is 18.2 Å². The summed E-state index contributed by atoms with van der Waals surface area (Å²) < 4.78 is 37.7. The molecule has 2 aromatic carbocycles. The molecule has 2 atom stereocenters. The highest BCUT2D eigenvalue weighted by molar-refractivity contribution is 7.90. The number of hydrogen-bond acceptors (Lipinski definition) is 7. The third kappa shape index (κ3) is 4.91. The van der Waals surface area contributed by atoms with Crippen LogP contribution in [0.2, 0.25) is 0 Å². The summed E-state index contributed by atoms with van der Waals surface area (Å²) in [6.07, 6.45) is 5.90. The fourth-order valence-corrected chi connectivity index (χ4v) is 5.72. The van der Waals surface area contributed by atoms with Gasteiger partial charge in [-0.25, -0.2) is 22.8 Å². The molecule has 9 nitrogen and oxygen atoms in total. The Morgan fingerprint density at radius 2 is 1.86 bits per heavy atom. The Bertz CT molecular complexity index is 1480. The van der Waals surface area contributed by atoms with E-state index in [-0.39, 0.29) is 29.2 Å². The second-order valence-electron chi connectivity index (χ2n) is 9.35. The van der Waals surface area contributed by atoms with Crippen LogP contribution in [0.4, 0.5) is 16.0 Å². The van der Waals surface area contributed by atoms with Crippen LogP contribution < -0.4 is 10.2 Å². The Kier molecular flexibility index (Phi) is 6.40. The number of nitrogens with zero attached hydrogens (tertiary/aromatic N) is 4. The molecule has 1 N–H and O–H groups in total. The lowest BCUT2D eigenvalue weighted by Gasteiger charge is -2.25. The molecule has 0 bridgehead atoms. The maximum Gasteiger partial charge on any atom is 0.251 e. The van der Waals surface area contributed by atoms with Crippen LogP contribution in [0.5, 0.6) is 0 Å². The number of nitrogens with one attached hydrogen (secondary N) is 1. The van der Waals surface area contributed by atoms with Crippen LogP contribution in [0, 0.1) is 5.82 Å². The molecule has 0 unspecified atom stereocenters. The van der Waals surface area contributed by atoms with Gasteiger partial charge < -0.3 is 15.1 Å². The van der Waals surface area contributed by atoms with Gasteiger partial charge in [0, 0.05) is 26.3 Å². The molecule has 2 aliphatic rings. The number of fused-ring (bicyclic) bond motifs is 1. The molecule has 1 fully saturated rings. The molecule has 1 saturated heterocycles. The highest BCUT2D eigenvalue weighted by Gasteiger charge is 2.38. The predicted octanol–water partition coefficient (Wildman–Crippen LogP) is 3.40. The first-order valence-electron chi connectivity index (χ1n) is 11.9. The van der Waals surface area contributed by atoms with Crippen LogP contribution in [0.25, 0.3) is 0 Å². The Morgan fingerprint density at radius 1 is 1.11 bits per heavy atom. The monoisotopic (exact) mass is 523 g/mol. The lowest BCUT2D eigenvalue weighted by Crippen LogP contribution is -2.35. The van der Waals surface area contributed by atoms with Crippen molar-refractivity contribution in [2.75, 3.05) is 23.0 Å². The number of benzene rings is 2. The van der Waals surface area contributed by atoms with Gasteiger partial charge >= 0.3 is 0 Å². The average Bonchev–Trinajstić information content (AvgIpc) is 3.49. The van der Waals surface area contributed by atoms with Gasteiger partial charge in [0.1, 0.15) is 11.9 Å². The third-order valence-electron chi connectivity index (χ3n) is 6.79. The average molecular weight is 524 g/mol. The minimum atomic E-state index is -3.43. The van der Waals surface area contributed by atoms with Crippen molar-refractivity contribution in [1.82, 2.24) is 14.9 Å². The van der Waals surface area contributed by atoms with Crippen LogP contribution in [0.1, 0.15) is 48.5 Å². The van der Waals surface area contributed by atoms with Crippen molar-refractivity contribution in [1.29, 1.82) is 0 Å². The molecule has 11 heteroatoms. The maximum absolute atomic E-state index is 13.8. The number of amides is 2. The standard InChI is InChI=1S/C26H26FN5O4S/c1-16(33)32-15-18-12-21(37(2,35)36)8-9-22(18)24(32)25(34)30-20-13-28-26(29-14-20)31-10-4-7-23(31)17-5-3-6-19(27)11-17/h3,5-6,8-9,11-14,23-24H,4,7,10,15H2,1-2H3,(H,30,34)/t23-,24+/m0/s1. The highest BCUT2D eigenvalue weighted by atomic mass is 32.2.